The Balaban J connectivity index is 2.24. The van der Waals surface area contributed by atoms with Crippen molar-refractivity contribution >= 4 is 27.7 Å². The van der Waals surface area contributed by atoms with E-state index in [1.54, 1.807) is 11.8 Å². The summed E-state index contributed by atoms with van der Waals surface area (Å²) in [5, 5.41) is 8.76. The number of aromatic nitrogens is 2. The zero-order valence-corrected chi connectivity index (χ0v) is 14.0. The van der Waals surface area contributed by atoms with Crippen LogP contribution in [0.1, 0.15) is 24.2 Å². The molecular weight excluding hydrogens is 322 g/mol. The van der Waals surface area contributed by atoms with E-state index < -0.39 is 0 Å². The van der Waals surface area contributed by atoms with Gasteiger partial charge in [-0.3, -0.25) is 4.68 Å². The molecule has 0 bridgehead atoms. The topological polar surface area (TPSA) is 29.9 Å². The number of nitrogens with zero attached hydrogens (tertiary/aromatic N) is 2. The molecule has 102 valence electrons. The first-order chi connectivity index (χ1) is 9.01. The Bertz CT molecular complexity index is 580. The lowest BCUT2D eigenvalue weighted by atomic mass is 10.1. The molecule has 3 nitrogen and oxygen atoms in total. The molecule has 0 amide bonds. The summed E-state index contributed by atoms with van der Waals surface area (Å²) in [4.78, 5) is 1.20. The molecule has 0 aliphatic heterocycles. The minimum Gasteiger partial charge on any atom is -0.313 e. The van der Waals surface area contributed by atoms with Crippen LogP contribution in [0.4, 0.5) is 0 Å². The molecule has 2 aromatic rings. The molecule has 5 heteroatoms. The van der Waals surface area contributed by atoms with Gasteiger partial charge in [-0.15, -0.1) is 0 Å². The summed E-state index contributed by atoms with van der Waals surface area (Å²) in [6.07, 6.45) is 0. The SMILES string of the molecule is CNC(C)c1ccc(Sc2cc(C)nn2C)c(Br)c1. The van der Waals surface area contributed by atoms with Gasteiger partial charge < -0.3 is 5.32 Å². The molecule has 1 unspecified atom stereocenters. The van der Waals surface area contributed by atoms with Gasteiger partial charge in [-0.25, -0.2) is 0 Å². The van der Waals surface area contributed by atoms with Crippen LogP contribution >= 0.6 is 27.7 Å². The predicted octanol–water partition coefficient (Wildman–Crippen LogP) is 3.92. The third-order valence-corrected chi connectivity index (χ3v) is 5.15. The average molecular weight is 340 g/mol. The Kier molecular flexibility index (Phi) is 4.71. The van der Waals surface area contributed by atoms with Gasteiger partial charge in [-0.1, -0.05) is 17.8 Å². The van der Waals surface area contributed by atoms with Crippen molar-refractivity contribution in [1.29, 1.82) is 0 Å². The lowest BCUT2D eigenvalue weighted by Gasteiger charge is -2.12. The number of nitrogens with one attached hydrogen (secondary N) is 1. The van der Waals surface area contributed by atoms with Crippen molar-refractivity contribution in [2.45, 2.75) is 29.8 Å². The largest absolute Gasteiger partial charge is 0.313 e. The fourth-order valence-electron chi connectivity index (χ4n) is 1.83. The highest BCUT2D eigenvalue weighted by Gasteiger charge is 2.10. The first-order valence-corrected chi connectivity index (χ1v) is 7.77. The Hall–Kier alpha value is -0.780. The number of benzene rings is 1. The van der Waals surface area contributed by atoms with Gasteiger partial charge in [-0.2, -0.15) is 5.10 Å². The second-order valence-electron chi connectivity index (χ2n) is 4.55. The summed E-state index contributed by atoms with van der Waals surface area (Å²) >= 11 is 5.38. The molecule has 1 N–H and O–H groups in total. The van der Waals surface area contributed by atoms with Crippen molar-refractivity contribution in [2.24, 2.45) is 7.05 Å². The molecule has 0 aliphatic carbocycles. The van der Waals surface area contributed by atoms with Crippen LogP contribution in [0.2, 0.25) is 0 Å². The second-order valence-corrected chi connectivity index (χ2v) is 6.47. The molecule has 0 saturated heterocycles. The first kappa shape index (κ1) is 14.6. The van der Waals surface area contributed by atoms with Gasteiger partial charge in [0.2, 0.25) is 0 Å². The highest BCUT2D eigenvalue weighted by molar-refractivity contribution is 9.10. The number of aryl methyl sites for hydroxylation is 2. The number of rotatable bonds is 4. The molecule has 0 saturated carbocycles. The molecule has 0 aliphatic rings. The van der Waals surface area contributed by atoms with E-state index in [0.29, 0.717) is 6.04 Å². The van der Waals surface area contributed by atoms with Crippen molar-refractivity contribution in [3.05, 3.63) is 40.0 Å². The second kappa shape index (κ2) is 6.11. The average Bonchev–Trinajstić information content (AvgIpc) is 2.69. The quantitative estimate of drug-likeness (QED) is 0.915. The van der Waals surface area contributed by atoms with E-state index in [4.69, 9.17) is 0 Å². The molecule has 1 atom stereocenters. The smallest absolute Gasteiger partial charge is 0.0987 e. The first-order valence-electron chi connectivity index (χ1n) is 6.16. The highest BCUT2D eigenvalue weighted by Crippen LogP contribution is 2.35. The van der Waals surface area contributed by atoms with Gasteiger partial charge in [-0.05, 0) is 60.6 Å². The number of hydrogen-bond acceptors (Lipinski definition) is 3. The van der Waals surface area contributed by atoms with Crippen molar-refractivity contribution in [3.63, 3.8) is 0 Å². The van der Waals surface area contributed by atoms with E-state index in [0.717, 1.165) is 15.2 Å². The Labute approximate surface area is 126 Å². The lowest BCUT2D eigenvalue weighted by Crippen LogP contribution is -2.12. The lowest BCUT2D eigenvalue weighted by molar-refractivity contribution is 0.651. The minimum absolute atomic E-state index is 0.356. The summed E-state index contributed by atoms with van der Waals surface area (Å²) in [5.74, 6) is 0. The summed E-state index contributed by atoms with van der Waals surface area (Å²) in [7, 11) is 3.94. The number of hydrogen-bond donors (Lipinski definition) is 1. The zero-order valence-electron chi connectivity index (χ0n) is 11.6. The van der Waals surface area contributed by atoms with Gasteiger partial charge in [0.15, 0.2) is 0 Å². The molecule has 2 rings (SSSR count). The van der Waals surface area contributed by atoms with Gasteiger partial charge in [0.1, 0.15) is 0 Å². The van der Waals surface area contributed by atoms with E-state index in [1.807, 2.05) is 25.7 Å². The fourth-order valence-corrected chi connectivity index (χ4v) is 3.39. The molecule has 0 radical (unpaired) electrons. The van der Waals surface area contributed by atoms with Crippen molar-refractivity contribution in [3.8, 4) is 0 Å². The summed E-state index contributed by atoms with van der Waals surface area (Å²) in [5.41, 5.74) is 2.32. The maximum atomic E-state index is 4.37. The fraction of sp³-hybridized carbons (Fsp3) is 0.357. The summed E-state index contributed by atoms with van der Waals surface area (Å²) in [6.45, 7) is 4.16. The predicted molar refractivity (Wildman–Crippen MR) is 83.7 cm³/mol. The van der Waals surface area contributed by atoms with Gasteiger partial charge in [0.25, 0.3) is 0 Å². The minimum atomic E-state index is 0.356. The summed E-state index contributed by atoms with van der Waals surface area (Å²) < 4.78 is 3.03. The van der Waals surface area contributed by atoms with Crippen LogP contribution in [0.25, 0.3) is 0 Å². The Morgan fingerprint density at radius 3 is 2.63 bits per heavy atom. The molecule has 1 aromatic heterocycles. The van der Waals surface area contributed by atoms with Crippen LogP contribution in [0, 0.1) is 6.92 Å². The van der Waals surface area contributed by atoms with Crippen LogP contribution in [-0.4, -0.2) is 16.8 Å². The monoisotopic (exact) mass is 339 g/mol. The van der Waals surface area contributed by atoms with E-state index in [9.17, 15) is 0 Å². The van der Waals surface area contributed by atoms with Crippen molar-refractivity contribution < 1.29 is 0 Å². The molecule has 0 fully saturated rings. The van der Waals surface area contributed by atoms with Crippen LogP contribution in [0.5, 0.6) is 0 Å². The van der Waals surface area contributed by atoms with Gasteiger partial charge in [0.05, 0.1) is 10.7 Å². The Morgan fingerprint density at radius 2 is 2.11 bits per heavy atom. The number of halogens is 1. The normalized spacial score (nSPS) is 12.7. The molecular formula is C14H18BrN3S. The van der Waals surface area contributed by atoms with Crippen LogP contribution in [-0.2, 0) is 7.05 Å². The summed E-state index contributed by atoms with van der Waals surface area (Å²) in [6, 6.07) is 8.94. The molecule has 19 heavy (non-hydrogen) atoms. The van der Waals surface area contributed by atoms with Crippen LogP contribution in [0.3, 0.4) is 0 Å². The van der Waals surface area contributed by atoms with Gasteiger partial charge >= 0.3 is 0 Å². The van der Waals surface area contributed by atoms with Crippen molar-refractivity contribution in [2.75, 3.05) is 7.05 Å². The van der Waals surface area contributed by atoms with E-state index in [1.165, 1.54) is 10.5 Å². The van der Waals surface area contributed by atoms with Crippen LogP contribution < -0.4 is 5.32 Å². The van der Waals surface area contributed by atoms with Crippen molar-refractivity contribution in [1.82, 2.24) is 15.1 Å². The van der Waals surface area contributed by atoms with E-state index in [-0.39, 0.29) is 0 Å². The highest BCUT2D eigenvalue weighted by atomic mass is 79.9. The maximum Gasteiger partial charge on any atom is 0.0987 e. The van der Waals surface area contributed by atoms with E-state index in [2.05, 4.69) is 57.5 Å². The third kappa shape index (κ3) is 3.41. The maximum absolute atomic E-state index is 4.37. The molecule has 1 aromatic carbocycles. The van der Waals surface area contributed by atoms with Gasteiger partial charge in [0, 0.05) is 22.5 Å². The molecule has 0 spiro atoms. The molecule has 1 heterocycles. The Morgan fingerprint density at radius 1 is 1.37 bits per heavy atom. The van der Waals surface area contributed by atoms with Crippen LogP contribution in [0.15, 0.2) is 38.7 Å². The zero-order chi connectivity index (χ0) is 14.0. The van der Waals surface area contributed by atoms with E-state index >= 15 is 0 Å². The standard InChI is InChI=1S/C14H18BrN3S/c1-9-7-14(18(4)17-9)19-13-6-5-11(8-12(13)15)10(2)16-3/h5-8,10,16H,1-4H3. The third-order valence-electron chi connectivity index (χ3n) is 3.06.